The molecule has 1 aliphatic rings. The van der Waals surface area contributed by atoms with Crippen molar-refractivity contribution in [1.29, 1.82) is 0 Å². The summed E-state index contributed by atoms with van der Waals surface area (Å²) in [7, 11) is 0. The fraction of sp³-hybridized carbons (Fsp3) is 0.538. The van der Waals surface area contributed by atoms with Crippen LogP contribution in [0.15, 0.2) is 30.3 Å². The zero-order chi connectivity index (χ0) is 10.7. The molecule has 2 unspecified atom stereocenters. The molecule has 2 nitrogen and oxygen atoms in total. The van der Waals surface area contributed by atoms with Crippen molar-refractivity contribution in [1.82, 2.24) is 4.90 Å². The standard InChI is InChI=1S/C13H20N2.ClH/c1-11(14)9-15-8-7-13(10-15)12-5-3-2-4-6-12;/h2-6,11,13H,7-10,14H2,1H3;1H. The van der Waals surface area contributed by atoms with Gasteiger partial charge in [-0.25, -0.2) is 0 Å². The van der Waals surface area contributed by atoms with E-state index in [1.165, 1.54) is 25.1 Å². The minimum atomic E-state index is 0. The highest BCUT2D eigenvalue weighted by Crippen LogP contribution is 2.26. The number of benzene rings is 1. The van der Waals surface area contributed by atoms with Gasteiger partial charge in [0, 0.05) is 19.1 Å². The highest BCUT2D eigenvalue weighted by atomic mass is 35.5. The Balaban J connectivity index is 0.00000128. The van der Waals surface area contributed by atoms with Gasteiger partial charge in [-0.3, -0.25) is 0 Å². The molecule has 1 aromatic rings. The van der Waals surface area contributed by atoms with Crippen LogP contribution in [0.4, 0.5) is 0 Å². The fourth-order valence-corrected chi connectivity index (χ4v) is 2.40. The van der Waals surface area contributed by atoms with Gasteiger partial charge in [-0.1, -0.05) is 30.3 Å². The van der Waals surface area contributed by atoms with E-state index in [0.29, 0.717) is 12.0 Å². The van der Waals surface area contributed by atoms with E-state index in [4.69, 9.17) is 5.73 Å². The molecule has 2 N–H and O–H groups in total. The molecule has 2 atom stereocenters. The van der Waals surface area contributed by atoms with Gasteiger partial charge < -0.3 is 10.6 Å². The summed E-state index contributed by atoms with van der Waals surface area (Å²) in [6.07, 6.45) is 1.27. The highest BCUT2D eigenvalue weighted by Gasteiger charge is 2.23. The fourth-order valence-electron chi connectivity index (χ4n) is 2.40. The van der Waals surface area contributed by atoms with Crippen molar-refractivity contribution in [3.63, 3.8) is 0 Å². The Morgan fingerprint density at radius 1 is 1.38 bits per heavy atom. The lowest BCUT2D eigenvalue weighted by Crippen LogP contribution is -2.33. The lowest BCUT2D eigenvalue weighted by Gasteiger charge is -2.18. The maximum Gasteiger partial charge on any atom is 0.0139 e. The van der Waals surface area contributed by atoms with Crippen molar-refractivity contribution < 1.29 is 0 Å². The van der Waals surface area contributed by atoms with E-state index in [1.807, 2.05) is 0 Å². The molecular formula is C13H21ClN2. The van der Waals surface area contributed by atoms with E-state index in [9.17, 15) is 0 Å². The number of rotatable bonds is 3. The molecule has 1 heterocycles. The molecule has 1 aromatic carbocycles. The molecule has 1 fully saturated rings. The predicted molar refractivity (Wildman–Crippen MR) is 71.1 cm³/mol. The van der Waals surface area contributed by atoms with Crippen LogP contribution < -0.4 is 5.73 Å². The normalized spacial score (nSPS) is 22.8. The Morgan fingerprint density at radius 2 is 2.06 bits per heavy atom. The first kappa shape index (κ1) is 13.5. The van der Waals surface area contributed by atoms with Crippen molar-refractivity contribution >= 4 is 12.4 Å². The van der Waals surface area contributed by atoms with Gasteiger partial charge in [0.15, 0.2) is 0 Å². The molecule has 0 saturated carbocycles. The lowest BCUT2D eigenvalue weighted by atomic mass is 9.99. The van der Waals surface area contributed by atoms with Gasteiger partial charge in [0.2, 0.25) is 0 Å². The van der Waals surface area contributed by atoms with E-state index in [0.717, 1.165) is 6.54 Å². The number of nitrogens with two attached hydrogens (primary N) is 1. The third-order valence-corrected chi connectivity index (χ3v) is 3.09. The summed E-state index contributed by atoms with van der Waals surface area (Å²) >= 11 is 0. The monoisotopic (exact) mass is 240 g/mol. The summed E-state index contributed by atoms with van der Waals surface area (Å²) in [5, 5.41) is 0. The van der Waals surface area contributed by atoms with Crippen LogP contribution in [0, 0.1) is 0 Å². The van der Waals surface area contributed by atoms with Gasteiger partial charge in [0.1, 0.15) is 0 Å². The number of halogens is 1. The Bertz CT molecular complexity index is 300. The van der Waals surface area contributed by atoms with Crippen molar-refractivity contribution in [2.75, 3.05) is 19.6 Å². The second-order valence-corrected chi connectivity index (χ2v) is 4.63. The highest BCUT2D eigenvalue weighted by molar-refractivity contribution is 5.85. The van der Waals surface area contributed by atoms with Crippen LogP contribution in [0.3, 0.4) is 0 Å². The average molecular weight is 241 g/mol. The number of likely N-dealkylation sites (tertiary alicyclic amines) is 1. The van der Waals surface area contributed by atoms with E-state index < -0.39 is 0 Å². The molecule has 3 heteroatoms. The van der Waals surface area contributed by atoms with Crippen molar-refractivity contribution in [3.05, 3.63) is 35.9 Å². The molecule has 0 spiro atoms. The molecule has 0 aromatic heterocycles. The molecule has 0 bridgehead atoms. The molecule has 1 saturated heterocycles. The summed E-state index contributed by atoms with van der Waals surface area (Å²) in [5.74, 6) is 0.713. The van der Waals surface area contributed by atoms with Crippen LogP contribution in [0.1, 0.15) is 24.8 Å². The van der Waals surface area contributed by atoms with Gasteiger partial charge >= 0.3 is 0 Å². The molecule has 0 amide bonds. The average Bonchev–Trinajstić information content (AvgIpc) is 2.67. The lowest BCUT2D eigenvalue weighted by molar-refractivity contribution is 0.317. The van der Waals surface area contributed by atoms with Crippen molar-refractivity contribution in [2.45, 2.75) is 25.3 Å². The second kappa shape index (κ2) is 6.24. The third kappa shape index (κ3) is 3.48. The first-order chi connectivity index (χ1) is 7.25. The molecule has 2 rings (SSSR count). The van der Waals surface area contributed by atoms with Gasteiger partial charge in [0.25, 0.3) is 0 Å². The molecule has 0 aliphatic carbocycles. The predicted octanol–water partition coefficient (Wildman–Crippen LogP) is 2.24. The maximum atomic E-state index is 5.81. The summed E-state index contributed by atoms with van der Waals surface area (Å²) in [4.78, 5) is 2.47. The summed E-state index contributed by atoms with van der Waals surface area (Å²) < 4.78 is 0. The first-order valence-electron chi connectivity index (χ1n) is 5.78. The molecule has 90 valence electrons. The summed E-state index contributed by atoms with van der Waals surface area (Å²) in [6.45, 7) is 5.48. The Hall–Kier alpha value is -0.570. The van der Waals surface area contributed by atoms with E-state index >= 15 is 0 Å². The van der Waals surface area contributed by atoms with Gasteiger partial charge in [-0.2, -0.15) is 0 Å². The maximum absolute atomic E-state index is 5.81. The molecule has 16 heavy (non-hydrogen) atoms. The number of nitrogens with zero attached hydrogens (tertiary/aromatic N) is 1. The Labute approximate surface area is 104 Å². The number of hydrogen-bond acceptors (Lipinski definition) is 2. The minimum absolute atomic E-state index is 0. The second-order valence-electron chi connectivity index (χ2n) is 4.63. The van der Waals surface area contributed by atoms with Crippen LogP contribution in [-0.2, 0) is 0 Å². The third-order valence-electron chi connectivity index (χ3n) is 3.09. The topological polar surface area (TPSA) is 29.3 Å². The zero-order valence-corrected chi connectivity index (χ0v) is 10.6. The summed E-state index contributed by atoms with van der Waals surface area (Å²) in [5.41, 5.74) is 7.29. The van der Waals surface area contributed by atoms with Gasteiger partial charge in [0.05, 0.1) is 0 Å². The molecule has 0 radical (unpaired) electrons. The molecule has 1 aliphatic heterocycles. The summed E-state index contributed by atoms with van der Waals surface area (Å²) in [6, 6.07) is 11.1. The van der Waals surface area contributed by atoms with Crippen LogP contribution in [0.25, 0.3) is 0 Å². The minimum Gasteiger partial charge on any atom is -0.327 e. The first-order valence-corrected chi connectivity index (χ1v) is 5.78. The Morgan fingerprint density at radius 3 is 2.69 bits per heavy atom. The van der Waals surface area contributed by atoms with E-state index in [2.05, 4.69) is 42.2 Å². The van der Waals surface area contributed by atoms with Gasteiger partial charge in [-0.05, 0) is 31.4 Å². The van der Waals surface area contributed by atoms with E-state index in [-0.39, 0.29) is 12.4 Å². The van der Waals surface area contributed by atoms with Crippen LogP contribution in [0.2, 0.25) is 0 Å². The zero-order valence-electron chi connectivity index (χ0n) is 9.80. The van der Waals surface area contributed by atoms with Crippen LogP contribution in [-0.4, -0.2) is 30.6 Å². The SMILES string of the molecule is CC(N)CN1CCC(c2ccccc2)C1.Cl. The quantitative estimate of drug-likeness (QED) is 0.878. The van der Waals surface area contributed by atoms with Crippen molar-refractivity contribution in [2.24, 2.45) is 5.73 Å². The Kier molecular flexibility index (Phi) is 5.26. The largest absolute Gasteiger partial charge is 0.327 e. The van der Waals surface area contributed by atoms with E-state index in [1.54, 1.807) is 0 Å². The molecular weight excluding hydrogens is 220 g/mol. The number of hydrogen-bond donors (Lipinski definition) is 1. The van der Waals surface area contributed by atoms with Crippen LogP contribution >= 0.6 is 12.4 Å². The van der Waals surface area contributed by atoms with Crippen molar-refractivity contribution in [3.8, 4) is 0 Å². The van der Waals surface area contributed by atoms with Gasteiger partial charge in [-0.15, -0.1) is 12.4 Å². The smallest absolute Gasteiger partial charge is 0.0139 e. The van der Waals surface area contributed by atoms with Crippen LogP contribution in [0.5, 0.6) is 0 Å².